The van der Waals surface area contributed by atoms with E-state index in [1.807, 2.05) is 49.7 Å². The van der Waals surface area contributed by atoms with Gasteiger partial charge in [-0.15, -0.1) is 6.42 Å². The van der Waals surface area contributed by atoms with Gasteiger partial charge in [0, 0.05) is 29.9 Å². The summed E-state index contributed by atoms with van der Waals surface area (Å²) in [6, 6.07) is 10.4. The summed E-state index contributed by atoms with van der Waals surface area (Å²) in [5.74, 6) is 3.94. The molecule has 0 unspecified atom stereocenters. The van der Waals surface area contributed by atoms with Crippen LogP contribution in [0.25, 0.3) is 22.2 Å². The van der Waals surface area contributed by atoms with Crippen molar-refractivity contribution in [3.8, 4) is 29.4 Å². The number of rotatable bonds is 5. The van der Waals surface area contributed by atoms with Crippen molar-refractivity contribution < 1.29 is 4.74 Å². The Morgan fingerprint density at radius 2 is 2.13 bits per heavy atom. The number of aromatic nitrogens is 3. The molecule has 0 aliphatic carbocycles. The van der Waals surface area contributed by atoms with Crippen molar-refractivity contribution in [3.05, 3.63) is 66.7 Å². The van der Waals surface area contributed by atoms with Crippen molar-refractivity contribution in [2.75, 3.05) is 13.1 Å². The third-order valence-electron chi connectivity index (χ3n) is 5.45. The molecule has 150 valence electrons. The van der Waals surface area contributed by atoms with Crippen molar-refractivity contribution in [2.24, 2.45) is 0 Å². The quantitative estimate of drug-likeness (QED) is 0.285. The van der Waals surface area contributed by atoms with Gasteiger partial charge in [0.25, 0.3) is 0 Å². The first kappa shape index (κ1) is 20.0. The largest absolute Gasteiger partial charge is 0.458 e. The summed E-state index contributed by atoms with van der Waals surface area (Å²) in [6.07, 6.45) is 16.6. The Kier molecular flexibility index (Phi) is 6.01. The molecule has 1 atom stereocenters. The minimum Gasteiger partial charge on any atom is -0.458 e. The van der Waals surface area contributed by atoms with E-state index in [4.69, 9.17) is 16.3 Å². The van der Waals surface area contributed by atoms with Gasteiger partial charge in [0.05, 0.1) is 11.6 Å². The lowest BCUT2D eigenvalue weighted by molar-refractivity contribution is 0.266. The lowest BCUT2D eigenvalue weighted by Crippen LogP contribution is -2.35. The summed E-state index contributed by atoms with van der Waals surface area (Å²) in [5, 5.41) is 6.10. The number of fused-ring (bicyclic) bond motifs is 1. The average Bonchev–Trinajstić information content (AvgIpc) is 3.17. The molecule has 0 bridgehead atoms. The highest BCUT2D eigenvalue weighted by molar-refractivity contribution is 6.04. The van der Waals surface area contributed by atoms with Crippen LogP contribution in [-0.4, -0.2) is 40.6 Å². The zero-order valence-corrected chi connectivity index (χ0v) is 17.5. The number of piperidine rings is 1. The minimum absolute atomic E-state index is 0.380. The van der Waals surface area contributed by atoms with Crippen LogP contribution >= 0.6 is 0 Å². The maximum atomic E-state index is 5.89. The molecule has 1 aliphatic heterocycles. The maximum Gasteiger partial charge on any atom is 0.185 e. The molecule has 2 aromatic heterocycles. The number of benzene rings is 1. The Hall–Kier alpha value is -3.30. The van der Waals surface area contributed by atoms with Crippen LogP contribution in [0.5, 0.6) is 5.75 Å². The highest BCUT2D eigenvalue weighted by atomic mass is 16.5. The Balaban J connectivity index is 1.65. The number of pyridine rings is 1. The second-order valence-corrected chi connectivity index (χ2v) is 7.56. The highest BCUT2D eigenvalue weighted by Crippen LogP contribution is 2.32. The summed E-state index contributed by atoms with van der Waals surface area (Å²) in [4.78, 5) is 6.73. The topological polar surface area (TPSA) is 43.2 Å². The van der Waals surface area contributed by atoms with E-state index in [0.29, 0.717) is 11.8 Å². The van der Waals surface area contributed by atoms with Gasteiger partial charge in [0.2, 0.25) is 0 Å². The van der Waals surface area contributed by atoms with E-state index in [1.165, 1.54) is 6.42 Å². The smallest absolute Gasteiger partial charge is 0.185 e. The van der Waals surface area contributed by atoms with Crippen LogP contribution in [0.1, 0.15) is 25.8 Å². The van der Waals surface area contributed by atoms with Gasteiger partial charge in [0.1, 0.15) is 17.2 Å². The summed E-state index contributed by atoms with van der Waals surface area (Å²) in [7, 11) is 2.18. The predicted octanol–water partition coefficient (Wildman–Crippen LogP) is 3.76. The molecule has 0 radical (unpaired) electrons. The van der Waals surface area contributed by atoms with Gasteiger partial charge in [-0.25, -0.2) is 0 Å². The molecule has 0 amide bonds. The molecule has 0 spiro atoms. The third-order valence-corrected chi connectivity index (χ3v) is 5.45. The van der Waals surface area contributed by atoms with E-state index in [-0.39, 0.29) is 0 Å². The Morgan fingerprint density at radius 3 is 2.87 bits per heavy atom. The Labute approximate surface area is 178 Å². The molecule has 3 heterocycles. The van der Waals surface area contributed by atoms with E-state index in [9.17, 15) is 0 Å². The molecule has 5 nitrogen and oxygen atoms in total. The van der Waals surface area contributed by atoms with Crippen molar-refractivity contribution in [3.63, 3.8) is 0 Å². The first-order chi connectivity index (χ1) is 14.7. The van der Waals surface area contributed by atoms with Gasteiger partial charge in [0.15, 0.2) is 7.98 Å². The number of hydrogen-bond acceptors (Lipinski definition) is 4. The summed E-state index contributed by atoms with van der Waals surface area (Å²) in [5.41, 5.74) is 3.14. The lowest BCUT2D eigenvalue weighted by atomic mass is 10.0. The number of allylic oxidation sites excluding steroid dienone is 3. The maximum absolute atomic E-state index is 5.89. The second kappa shape index (κ2) is 9.02. The minimum atomic E-state index is 0.380. The Morgan fingerprint density at radius 1 is 1.30 bits per heavy atom. The monoisotopic (exact) mass is 396 g/mol. The van der Waals surface area contributed by atoms with Crippen molar-refractivity contribution in [2.45, 2.75) is 25.8 Å². The van der Waals surface area contributed by atoms with E-state index in [0.717, 1.165) is 47.4 Å². The molecular formula is C24H25BN4O. The van der Waals surface area contributed by atoms with Crippen LogP contribution in [0.2, 0.25) is 0 Å². The molecule has 1 saturated heterocycles. The number of nitrogens with zero attached hydrogens (tertiary/aromatic N) is 4. The van der Waals surface area contributed by atoms with Crippen LogP contribution < -0.4 is 4.74 Å². The SMILES string of the molecule is BN1CCC[C@H](n2nc(-c3ccc(OC(/C=C\C#C)=C/C)cc3)c3cnccc32)C1. The van der Waals surface area contributed by atoms with Crippen LogP contribution in [-0.2, 0) is 0 Å². The molecule has 1 aliphatic rings. The summed E-state index contributed by atoms with van der Waals surface area (Å²) < 4.78 is 8.08. The van der Waals surface area contributed by atoms with E-state index in [2.05, 4.69) is 34.4 Å². The summed E-state index contributed by atoms with van der Waals surface area (Å²) >= 11 is 0. The molecule has 3 aromatic rings. The van der Waals surface area contributed by atoms with E-state index < -0.39 is 0 Å². The first-order valence-corrected chi connectivity index (χ1v) is 10.3. The first-order valence-electron chi connectivity index (χ1n) is 10.3. The van der Waals surface area contributed by atoms with Gasteiger partial charge in [-0.05, 0) is 74.9 Å². The fourth-order valence-corrected chi connectivity index (χ4v) is 3.95. The normalized spacial score (nSPS) is 18.0. The van der Waals surface area contributed by atoms with E-state index >= 15 is 0 Å². The zero-order valence-electron chi connectivity index (χ0n) is 17.5. The zero-order chi connectivity index (χ0) is 20.9. The standard InChI is InChI=1S/C24H25BN4O/c1-3-5-8-20(4-2)30-21-11-9-18(10-12-21)24-22-16-26-14-13-23(22)29(27-24)19-7-6-15-28(25)17-19/h1,4-5,8-14,16,19H,6-7,15,17,25H2,2H3/b8-5-,20-4+/t19-/m0/s1. The van der Waals surface area contributed by atoms with Crippen LogP contribution in [0.4, 0.5) is 0 Å². The molecular weight excluding hydrogens is 371 g/mol. The van der Waals surface area contributed by atoms with Gasteiger partial charge < -0.3 is 9.55 Å². The van der Waals surface area contributed by atoms with Crippen LogP contribution in [0, 0.1) is 12.3 Å². The third kappa shape index (κ3) is 4.17. The molecule has 0 saturated carbocycles. The second-order valence-electron chi connectivity index (χ2n) is 7.56. The molecule has 4 rings (SSSR count). The van der Waals surface area contributed by atoms with Crippen molar-refractivity contribution in [1.29, 1.82) is 0 Å². The van der Waals surface area contributed by atoms with E-state index in [1.54, 1.807) is 12.2 Å². The van der Waals surface area contributed by atoms with Gasteiger partial charge in [-0.3, -0.25) is 9.67 Å². The number of ether oxygens (including phenoxy) is 1. The molecule has 0 N–H and O–H groups in total. The van der Waals surface area contributed by atoms with Gasteiger partial charge >= 0.3 is 0 Å². The molecule has 6 heteroatoms. The number of terminal acetylenes is 1. The fourth-order valence-electron chi connectivity index (χ4n) is 3.95. The Bertz CT molecular complexity index is 1120. The van der Waals surface area contributed by atoms with Gasteiger partial charge in [-0.2, -0.15) is 5.10 Å². The molecule has 1 aromatic carbocycles. The van der Waals surface area contributed by atoms with Gasteiger partial charge in [-0.1, -0.05) is 5.92 Å². The lowest BCUT2D eigenvalue weighted by Gasteiger charge is -2.30. The fraction of sp³-hybridized carbons (Fsp3) is 0.250. The molecule has 30 heavy (non-hydrogen) atoms. The highest BCUT2D eigenvalue weighted by Gasteiger charge is 2.23. The number of hydrogen-bond donors (Lipinski definition) is 0. The van der Waals surface area contributed by atoms with Crippen molar-refractivity contribution >= 4 is 18.9 Å². The van der Waals surface area contributed by atoms with Crippen LogP contribution in [0.15, 0.2) is 66.7 Å². The predicted molar refractivity (Wildman–Crippen MR) is 124 cm³/mol. The van der Waals surface area contributed by atoms with Crippen LogP contribution in [0.3, 0.4) is 0 Å². The van der Waals surface area contributed by atoms with Crippen molar-refractivity contribution in [1.82, 2.24) is 19.6 Å². The summed E-state index contributed by atoms with van der Waals surface area (Å²) in [6.45, 7) is 4.08. The molecule has 1 fully saturated rings. The average molecular weight is 396 g/mol.